The molecule has 1 saturated heterocycles. The van der Waals surface area contributed by atoms with Crippen LogP contribution >= 0.6 is 22.7 Å². The number of thiophene rings is 2. The van der Waals surface area contributed by atoms with Crippen molar-refractivity contribution in [2.45, 2.75) is 36.9 Å². The molecule has 0 radical (unpaired) electrons. The van der Waals surface area contributed by atoms with E-state index in [0.29, 0.717) is 17.5 Å². The second-order valence-electron chi connectivity index (χ2n) is 6.97. The van der Waals surface area contributed by atoms with Crippen LogP contribution in [-0.2, 0) is 11.2 Å². The quantitative estimate of drug-likeness (QED) is 0.486. The van der Waals surface area contributed by atoms with Gasteiger partial charge in [0.2, 0.25) is 0 Å². The molecule has 0 amide bonds. The van der Waals surface area contributed by atoms with Gasteiger partial charge in [-0.1, -0.05) is 0 Å². The van der Waals surface area contributed by atoms with Gasteiger partial charge in [0.05, 0.1) is 13.7 Å². The van der Waals surface area contributed by atoms with Crippen molar-refractivity contribution in [1.29, 1.82) is 0 Å². The number of halogens is 1. The third kappa shape index (κ3) is 3.79. The van der Waals surface area contributed by atoms with Crippen molar-refractivity contribution in [3.8, 4) is 5.75 Å². The highest BCUT2D eigenvalue weighted by molar-refractivity contribution is 7.26. The Labute approximate surface area is 174 Å². The van der Waals surface area contributed by atoms with E-state index in [-0.39, 0.29) is 5.75 Å². The van der Waals surface area contributed by atoms with E-state index in [1.165, 1.54) is 13.2 Å². The molecule has 0 aliphatic carbocycles. The first-order valence-electron chi connectivity index (χ1n) is 9.05. The summed E-state index contributed by atoms with van der Waals surface area (Å²) in [7, 11) is 1.37. The Morgan fingerprint density at radius 3 is 2.59 bits per heavy atom. The molecule has 6 nitrogen and oxygen atoms in total. The second-order valence-corrected chi connectivity index (χ2v) is 9.09. The van der Waals surface area contributed by atoms with Crippen molar-refractivity contribution in [2.75, 3.05) is 13.7 Å². The summed E-state index contributed by atoms with van der Waals surface area (Å²) in [5, 5.41) is 42.0. The van der Waals surface area contributed by atoms with Gasteiger partial charge in [0, 0.05) is 32.3 Å². The predicted octanol–water partition coefficient (Wildman–Crippen LogP) is 2.22. The zero-order chi connectivity index (χ0) is 20.7. The van der Waals surface area contributed by atoms with Crippen LogP contribution in [-0.4, -0.2) is 58.6 Å². The maximum absolute atomic E-state index is 14.7. The number of methoxy groups -OCH3 is 1. The average molecular weight is 441 g/mol. The number of hydrogen-bond acceptors (Lipinski definition) is 8. The lowest BCUT2D eigenvalue weighted by atomic mass is 9.89. The molecule has 3 heterocycles. The van der Waals surface area contributed by atoms with Gasteiger partial charge in [0.15, 0.2) is 0 Å². The Balaban J connectivity index is 1.70. The van der Waals surface area contributed by atoms with Crippen LogP contribution in [0.25, 0.3) is 9.40 Å². The minimum Gasteiger partial charge on any atom is -0.496 e. The molecule has 9 heteroatoms. The van der Waals surface area contributed by atoms with Crippen LogP contribution < -0.4 is 4.74 Å². The van der Waals surface area contributed by atoms with Gasteiger partial charge in [-0.15, -0.1) is 22.7 Å². The standard InChI is InChI=1S/C20H21FO6S2/c1-26-13-7-12(21)9(4-10-6-16-15(29-10)2-3-28-16)5-11(13)20-19(25)18(24)17(23)14(8-22)27-20/h2-3,5-7,14,17-20,22-25H,4,8H2,1H3/t14-,17-,18?,19-,20?/m1/s1. The van der Waals surface area contributed by atoms with Crippen molar-refractivity contribution in [3.05, 3.63) is 51.5 Å². The number of benzene rings is 1. The van der Waals surface area contributed by atoms with Crippen molar-refractivity contribution in [3.63, 3.8) is 0 Å². The highest BCUT2D eigenvalue weighted by Crippen LogP contribution is 2.39. The van der Waals surface area contributed by atoms with Crippen LogP contribution in [0.1, 0.15) is 22.1 Å². The molecule has 2 unspecified atom stereocenters. The summed E-state index contributed by atoms with van der Waals surface area (Å²) < 4.78 is 27.9. The molecule has 5 atom stereocenters. The average Bonchev–Trinajstić information content (AvgIpc) is 3.29. The molecule has 1 aliphatic heterocycles. The summed E-state index contributed by atoms with van der Waals surface area (Å²) in [5.41, 5.74) is 0.742. The summed E-state index contributed by atoms with van der Waals surface area (Å²) >= 11 is 3.22. The Bertz CT molecular complexity index is 972. The van der Waals surface area contributed by atoms with E-state index in [2.05, 4.69) is 0 Å². The van der Waals surface area contributed by atoms with Crippen LogP contribution in [0.2, 0.25) is 0 Å². The highest BCUT2D eigenvalue weighted by atomic mass is 32.1. The summed E-state index contributed by atoms with van der Waals surface area (Å²) in [6.07, 6.45) is -6.24. The Hall–Kier alpha value is -1.59. The normalized spacial score (nSPS) is 27.4. The SMILES string of the molecule is COc1cc(F)c(Cc2cc3sccc3s2)cc1C1O[C@H](CO)[C@@H](O)C(O)[C@H]1O. The predicted molar refractivity (Wildman–Crippen MR) is 108 cm³/mol. The lowest BCUT2D eigenvalue weighted by Crippen LogP contribution is -2.55. The van der Waals surface area contributed by atoms with Gasteiger partial charge in [0.25, 0.3) is 0 Å². The summed E-state index contributed by atoms with van der Waals surface area (Å²) in [4.78, 5) is 0.996. The van der Waals surface area contributed by atoms with Gasteiger partial charge in [-0.2, -0.15) is 0 Å². The van der Waals surface area contributed by atoms with Crippen LogP contribution in [0.3, 0.4) is 0 Å². The Morgan fingerprint density at radius 1 is 1.10 bits per heavy atom. The fourth-order valence-corrected chi connectivity index (χ4v) is 5.76. The van der Waals surface area contributed by atoms with Gasteiger partial charge in [0.1, 0.15) is 42.1 Å². The van der Waals surface area contributed by atoms with E-state index >= 15 is 0 Å². The molecule has 156 valence electrons. The van der Waals surface area contributed by atoms with Gasteiger partial charge in [-0.25, -0.2) is 4.39 Å². The van der Waals surface area contributed by atoms with Crippen molar-refractivity contribution < 1.29 is 34.3 Å². The summed E-state index contributed by atoms with van der Waals surface area (Å²) in [6.45, 7) is -0.538. The summed E-state index contributed by atoms with van der Waals surface area (Å²) in [5.74, 6) is -0.297. The largest absolute Gasteiger partial charge is 0.496 e. The smallest absolute Gasteiger partial charge is 0.130 e. The molecule has 29 heavy (non-hydrogen) atoms. The first-order chi connectivity index (χ1) is 13.9. The lowest BCUT2D eigenvalue weighted by molar-refractivity contribution is -0.232. The van der Waals surface area contributed by atoms with Gasteiger partial charge < -0.3 is 29.9 Å². The molecule has 0 bridgehead atoms. The van der Waals surface area contributed by atoms with E-state index in [0.717, 1.165) is 14.3 Å². The number of fused-ring (bicyclic) bond motifs is 1. The van der Waals surface area contributed by atoms with Crippen molar-refractivity contribution >= 4 is 32.1 Å². The maximum Gasteiger partial charge on any atom is 0.130 e. The van der Waals surface area contributed by atoms with Crippen molar-refractivity contribution in [1.82, 2.24) is 0 Å². The number of hydrogen-bond donors (Lipinski definition) is 4. The van der Waals surface area contributed by atoms with E-state index in [1.807, 2.05) is 17.5 Å². The fraction of sp³-hybridized carbons (Fsp3) is 0.400. The van der Waals surface area contributed by atoms with Gasteiger partial charge in [-0.05, 0) is 29.1 Å². The minimum absolute atomic E-state index is 0.155. The number of aliphatic hydroxyl groups excluding tert-OH is 4. The van der Waals surface area contributed by atoms with Crippen LogP contribution in [0.4, 0.5) is 4.39 Å². The molecule has 1 fully saturated rings. The van der Waals surface area contributed by atoms with E-state index in [1.54, 1.807) is 28.7 Å². The second kappa shape index (κ2) is 8.27. The lowest BCUT2D eigenvalue weighted by Gasteiger charge is -2.40. The Kier molecular flexibility index (Phi) is 5.90. The summed E-state index contributed by atoms with van der Waals surface area (Å²) in [6, 6.07) is 6.83. The van der Waals surface area contributed by atoms with E-state index < -0.39 is 42.9 Å². The zero-order valence-corrected chi connectivity index (χ0v) is 17.1. The molecule has 1 aliphatic rings. The third-order valence-corrected chi connectivity index (χ3v) is 7.25. The fourth-order valence-electron chi connectivity index (χ4n) is 3.60. The Morgan fingerprint density at radius 2 is 1.90 bits per heavy atom. The molecule has 3 aromatic rings. The molecule has 4 rings (SSSR count). The van der Waals surface area contributed by atoms with Crippen LogP contribution in [0.5, 0.6) is 5.75 Å². The monoisotopic (exact) mass is 440 g/mol. The first-order valence-corrected chi connectivity index (χ1v) is 10.7. The zero-order valence-electron chi connectivity index (χ0n) is 15.5. The van der Waals surface area contributed by atoms with E-state index in [9.17, 15) is 24.8 Å². The van der Waals surface area contributed by atoms with Gasteiger partial charge in [-0.3, -0.25) is 0 Å². The number of aliphatic hydroxyl groups is 4. The molecule has 1 aromatic carbocycles. The van der Waals surface area contributed by atoms with Crippen LogP contribution in [0.15, 0.2) is 29.6 Å². The number of rotatable bonds is 5. The topological polar surface area (TPSA) is 99.4 Å². The molecule has 0 spiro atoms. The van der Waals surface area contributed by atoms with E-state index in [4.69, 9.17) is 9.47 Å². The highest BCUT2D eigenvalue weighted by Gasteiger charge is 2.45. The first kappa shape index (κ1) is 20.7. The molecular formula is C20H21FO6S2. The third-order valence-electron chi connectivity index (χ3n) is 5.15. The molecular weight excluding hydrogens is 419 g/mol. The molecule has 2 aromatic heterocycles. The van der Waals surface area contributed by atoms with Gasteiger partial charge >= 0.3 is 0 Å². The minimum atomic E-state index is -1.52. The van der Waals surface area contributed by atoms with Crippen molar-refractivity contribution in [2.24, 2.45) is 0 Å². The van der Waals surface area contributed by atoms with Crippen LogP contribution in [0, 0.1) is 5.82 Å². The molecule has 0 saturated carbocycles. The maximum atomic E-state index is 14.7. The number of ether oxygens (including phenoxy) is 2. The molecule has 4 N–H and O–H groups in total.